The number of nitrogens with two attached hydrogens (primary N) is 1. The van der Waals surface area contributed by atoms with Gasteiger partial charge in [0.15, 0.2) is 0 Å². The predicted molar refractivity (Wildman–Crippen MR) is 62.0 cm³/mol. The van der Waals surface area contributed by atoms with Crippen LogP contribution in [-0.4, -0.2) is 7.11 Å². The summed E-state index contributed by atoms with van der Waals surface area (Å²) in [4.78, 5) is 0. The van der Waals surface area contributed by atoms with Crippen LogP contribution in [0.4, 0.5) is 4.39 Å². The second kappa shape index (κ2) is 4.60. The highest BCUT2D eigenvalue weighted by molar-refractivity contribution is 9.10. The normalized spacial score (nSPS) is 11.9. The summed E-state index contributed by atoms with van der Waals surface area (Å²) < 4.78 is 19.3. The first-order chi connectivity index (χ1) is 6.86. The van der Waals surface area contributed by atoms with E-state index < -0.39 is 5.54 Å². The molecule has 0 saturated carbocycles. The number of halogens is 2. The molecule has 0 fully saturated rings. The molecule has 2 nitrogen and oxygen atoms in total. The van der Waals surface area contributed by atoms with Gasteiger partial charge < -0.3 is 10.5 Å². The van der Waals surface area contributed by atoms with E-state index in [-0.39, 0.29) is 12.4 Å². The van der Waals surface area contributed by atoms with E-state index in [1.807, 2.05) is 19.9 Å². The second-order valence-electron chi connectivity index (χ2n) is 4.07. The SMILES string of the molecule is COCc1c(F)cc(C(C)(C)N)cc1Br. The Morgan fingerprint density at radius 1 is 1.47 bits per heavy atom. The van der Waals surface area contributed by atoms with Gasteiger partial charge in [0, 0.05) is 22.7 Å². The van der Waals surface area contributed by atoms with Gasteiger partial charge in [-0.15, -0.1) is 0 Å². The second-order valence-corrected chi connectivity index (χ2v) is 4.93. The molecule has 2 N–H and O–H groups in total. The summed E-state index contributed by atoms with van der Waals surface area (Å²) in [6.45, 7) is 3.92. The van der Waals surface area contributed by atoms with Crippen molar-refractivity contribution in [1.29, 1.82) is 0 Å². The van der Waals surface area contributed by atoms with E-state index in [1.54, 1.807) is 0 Å². The minimum absolute atomic E-state index is 0.248. The standard InChI is InChI=1S/C11H15BrFNO/c1-11(2,14)7-4-9(12)8(6-15-3)10(13)5-7/h4-5H,6,14H2,1-3H3. The van der Waals surface area contributed by atoms with Crippen LogP contribution >= 0.6 is 15.9 Å². The van der Waals surface area contributed by atoms with Gasteiger partial charge in [-0.25, -0.2) is 4.39 Å². The molecular formula is C11H15BrFNO. The fraction of sp³-hybridized carbons (Fsp3) is 0.455. The summed E-state index contributed by atoms with van der Waals surface area (Å²) in [7, 11) is 1.53. The van der Waals surface area contributed by atoms with E-state index in [9.17, 15) is 4.39 Å². The van der Waals surface area contributed by atoms with Gasteiger partial charge in [-0.1, -0.05) is 15.9 Å². The van der Waals surface area contributed by atoms with Gasteiger partial charge in [0.25, 0.3) is 0 Å². The maximum absolute atomic E-state index is 13.7. The highest BCUT2D eigenvalue weighted by atomic mass is 79.9. The summed E-state index contributed by atoms with van der Waals surface area (Å²) in [5.74, 6) is -0.292. The molecule has 0 saturated heterocycles. The van der Waals surface area contributed by atoms with Crippen LogP contribution in [0.1, 0.15) is 25.0 Å². The number of hydrogen-bond donors (Lipinski definition) is 1. The maximum atomic E-state index is 13.7. The summed E-state index contributed by atoms with van der Waals surface area (Å²) in [5, 5.41) is 0. The van der Waals surface area contributed by atoms with Crippen molar-refractivity contribution in [3.8, 4) is 0 Å². The van der Waals surface area contributed by atoms with Crippen LogP contribution in [0.15, 0.2) is 16.6 Å². The molecule has 0 aliphatic rings. The molecule has 0 bridgehead atoms. The van der Waals surface area contributed by atoms with Gasteiger partial charge in [-0.2, -0.15) is 0 Å². The summed E-state index contributed by atoms with van der Waals surface area (Å²) in [5.41, 5.74) is 6.63. The average Bonchev–Trinajstić information content (AvgIpc) is 2.09. The van der Waals surface area contributed by atoms with Crippen LogP contribution in [0, 0.1) is 5.82 Å². The first-order valence-corrected chi connectivity index (χ1v) is 5.41. The zero-order valence-corrected chi connectivity index (χ0v) is 10.7. The molecule has 0 unspecified atom stereocenters. The Labute approximate surface area is 97.7 Å². The number of benzene rings is 1. The Balaban J connectivity index is 3.19. The monoisotopic (exact) mass is 275 g/mol. The van der Waals surface area contributed by atoms with Gasteiger partial charge in [-0.3, -0.25) is 0 Å². The molecule has 0 spiro atoms. The number of rotatable bonds is 3. The zero-order valence-electron chi connectivity index (χ0n) is 9.10. The van der Waals surface area contributed by atoms with E-state index >= 15 is 0 Å². The van der Waals surface area contributed by atoms with Crippen molar-refractivity contribution in [2.75, 3.05) is 7.11 Å². The van der Waals surface area contributed by atoms with Gasteiger partial charge >= 0.3 is 0 Å². The van der Waals surface area contributed by atoms with Crippen LogP contribution in [0.3, 0.4) is 0 Å². The van der Waals surface area contributed by atoms with Crippen LogP contribution in [0.2, 0.25) is 0 Å². The van der Waals surface area contributed by atoms with Crippen molar-refractivity contribution in [3.05, 3.63) is 33.5 Å². The lowest BCUT2D eigenvalue weighted by Gasteiger charge is -2.20. The molecule has 0 amide bonds. The first kappa shape index (κ1) is 12.6. The first-order valence-electron chi connectivity index (χ1n) is 4.62. The maximum Gasteiger partial charge on any atom is 0.130 e. The van der Waals surface area contributed by atoms with Crippen LogP contribution < -0.4 is 5.73 Å². The molecule has 15 heavy (non-hydrogen) atoms. The molecule has 0 aromatic heterocycles. The lowest BCUT2D eigenvalue weighted by atomic mass is 9.94. The zero-order chi connectivity index (χ0) is 11.6. The highest BCUT2D eigenvalue weighted by Gasteiger charge is 2.18. The molecule has 0 aliphatic heterocycles. The molecule has 0 atom stereocenters. The lowest BCUT2D eigenvalue weighted by molar-refractivity contribution is 0.180. The molecule has 0 aliphatic carbocycles. The van der Waals surface area contributed by atoms with Crippen LogP contribution in [0.5, 0.6) is 0 Å². The number of methoxy groups -OCH3 is 1. The van der Waals surface area contributed by atoms with E-state index in [2.05, 4.69) is 15.9 Å². The van der Waals surface area contributed by atoms with Gasteiger partial charge in [0.2, 0.25) is 0 Å². The topological polar surface area (TPSA) is 35.2 Å². The highest BCUT2D eigenvalue weighted by Crippen LogP contribution is 2.27. The Bertz CT molecular complexity index is 337. The van der Waals surface area contributed by atoms with Crippen molar-refractivity contribution in [1.82, 2.24) is 0 Å². The Morgan fingerprint density at radius 2 is 2.07 bits per heavy atom. The third kappa shape index (κ3) is 3.00. The molecule has 4 heteroatoms. The van der Waals surface area contributed by atoms with E-state index in [0.29, 0.717) is 10.0 Å². The molecule has 0 radical (unpaired) electrons. The largest absolute Gasteiger partial charge is 0.380 e. The molecule has 0 heterocycles. The molecule has 84 valence electrons. The van der Waals surface area contributed by atoms with Crippen LogP contribution in [0.25, 0.3) is 0 Å². The van der Waals surface area contributed by atoms with Crippen molar-refractivity contribution < 1.29 is 9.13 Å². The van der Waals surface area contributed by atoms with Gasteiger partial charge in [-0.05, 0) is 31.5 Å². The van der Waals surface area contributed by atoms with Crippen molar-refractivity contribution in [2.24, 2.45) is 5.73 Å². The Kier molecular flexibility index (Phi) is 3.87. The molecule has 1 rings (SSSR count). The fourth-order valence-electron chi connectivity index (χ4n) is 1.26. The van der Waals surface area contributed by atoms with E-state index in [1.165, 1.54) is 13.2 Å². The van der Waals surface area contributed by atoms with Crippen LogP contribution in [-0.2, 0) is 16.9 Å². The molecule has 1 aromatic rings. The van der Waals surface area contributed by atoms with Gasteiger partial charge in [0.05, 0.1) is 6.61 Å². The van der Waals surface area contributed by atoms with Crippen molar-refractivity contribution in [2.45, 2.75) is 26.0 Å². The van der Waals surface area contributed by atoms with E-state index in [4.69, 9.17) is 10.5 Å². The fourth-order valence-corrected chi connectivity index (χ4v) is 1.81. The molecule has 1 aromatic carbocycles. The number of ether oxygens (including phenoxy) is 1. The third-order valence-electron chi connectivity index (χ3n) is 2.17. The summed E-state index contributed by atoms with van der Waals surface area (Å²) >= 11 is 3.32. The minimum Gasteiger partial charge on any atom is -0.380 e. The third-order valence-corrected chi connectivity index (χ3v) is 2.88. The Hall–Kier alpha value is -0.450. The lowest BCUT2D eigenvalue weighted by Crippen LogP contribution is -2.28. The Morgan fingerprint density at radius 3 is 2.47 bits per heavy atom. The summed E-state index contributed by atoms with van der Waals surface area (Å²) in [6.07, 6.45) is 0. The minimum atomic E-state index is -0.547. The number of hydrogen-bond acceptors (Lipinski definition) is 2. The van der Waals surface area contributed by atoms with Crippen molar-refractivity contribution >= 4 is 15.9 Å². The predicted octanol–water partition coefficient (Wildman–Crippen LogP) is 2.93. The van der Waals surface area contributed by atoms with E-state index in [0.717, 1.165) is 5.56 Å². The molecular weight excluding hydrogens is 261 g/mol. The van der Waals surface area contributed by atoms with Crippen molar-refractivity contribution in [3.63, 3.8) is 0 Å². The summed E-state index contributed by atoms with van der Waals surface area (Å²) in [6, 6.07) is 3.29. The smallest absolute Gasteiger partial charge is 0.130 e. The quantitative estimate of drug-likeness (QED) is 0.921. The van der Waals surface area contributed by atoms with Gasteiger partial charge in [0.1, 0.15) is 5.82 Å². The average molecular weight is 276 g/mol.